The summed E-state index contributed by atoms with van der Waals surface area (Å²) in [7, 11) is 0. The van der Waals surface area contributed by atoms with Gasteiger partial charge in [0.2, 0.25) is 0 Å². The van der Waals surface area contributed by atoms with Gasteiger partial charge in [-0.1, -0.05) is 18.2 Å². The van der Waals surface area contributed by atoms with E-state index in [0.29, 0.717) is 66.6 Å². The van der Waals surface area contributed by atoms with Crippen LogP contribution in [0.15, 0.2) is 30.6 Å². The van der Waals surface area contributed by atoms with Crippen molar-refractivity contribution in [1.82, 2.24) is 34.4 Å². The van der Waals surface area contributed by atoms with E-state index in [1.807, 2.05) is 0 Å². The number of piperazine rings is 1. The summed E-state index contributed by atoms with van der Waals surface area (Å²) in [5.74, 6) is -0.512. The number of amides is 1. The van der Waals surface area contributed by atoms with Crippen molar-refractivity contribution in [1.29, 1.82) is 0 Å². The van der Waals surface area contributed by atoms with Crippen LogP contribution in [0.2, 0.25) is 0 Å². The Morgan fingerprint density at radius 1 is 1.13 bits per heavy atom. The highest BCUT2D eigenvalue weighted by molar-refractivity contribution is 6.04. The maximum absolute atomic E-state index is 14.8. The van der Waals surface area contributed by atoms with Crippen LogP contribution < -0.4 is 5.32 Å². The Kier molecular flexibility index (Phi) is 7.13. The van der Waals surface area contributed by atoms with E-state index in [4.69, 9.17) is 0 Å². The number of rotatable bonds is 7. The van der Waals surface area contributed by atoms with Gasteiger partial charge in [0.1, 0.15) is 23.8 Å². The maximum Gasteiger partial charge on any atom is 0.266 e. The Balaban J connectivity index is 1.54. The number of benzene rings is 1. The summed E-state index contributed by atoms with van der Waals surface area (Å²) in [6.45, 7) is 6.19. The van der Waals surface area contributed by atoms with Crippen molar-refractivity contribution in [2.24, 2.45) is 0 Å². The molecule has 38 heavy (non-hydrogen) atoms. The van der Waals surface area contributed by atoms with E-state index in [0.717, 1.165) is 6.07 Å². The SMILES string of the molecule is Cc1nc(N[C@H](C)c2cccc(C(F)F)c2F)c2cc(C(=O)N3CCN(CCO)CC3)c3ncnn3c2n1. The standard InChI is InChI=1S/C25H27F3N8O2/c1-14(16-4-3-5-17(20(16)26)21(27)28)31-22-18-12-19(25(38)35-8-6-34(7-9-35)10-11-37)23-29-13-30-36(23)24(18)33-15(2)32-22/h3-5,12-14,21,37H,6-11H2,1-2H3,(H,31,32,33)/t14-/m1/s1. The van der Waals surface area contributed by atoms with Crippen LogP contribution >= 0.6 is 0 Å². The minimum atomic E-state index is -2.94. The molecule has 200 valence electrons. The fraction of sp³-hybridized carbons (Fsp3) is 0.400. The van der Waals surface area contributed by atoms with E-state index >= 15 is 0 Å². The number of hydrogen-bond donors (Lipinski definition) is 2. The molecule has 1 aromatic carbocycles. The first kappa shape index (κ1) is 25.8. The molecule has 0 spiro atoms. The van der Waals surface area contributed by atoms with Gasteiger partial charge in [0.25, 0.3) is 12.3 Å². The molecular formula is C25H27F3N8O2. The fourth-order valence-electron chi connectivity index (χ4n) is 4.76. The van der Waals surface area contributed by atoms with Gasteiger partial charge in [-0.15, -0.1) is 0 Å². The van der Waals surface area contributed by atoms with Crippen LogP contribution in [0.4, 0.5) is 19.0 Å². The Labute approximate surface area is 216 Å². The van der Waals surface area contributed by atoms with E-state index < -0.39 is 23.8 Å². The number of alkyl halides is 2. The lowest BCUT2D eigenvalue weighted by Crippen LogP contribution is -2.49. The Morgan fingerprint density at radius 3 is 2.58 bits per heavy atom. The van der Waals surface area contributed by atoms with Crippen LogP contribution in [0, 0.1) is 12.7 Å². The number of nitrogens with one attached hydrogen (secondary N) is 1. The number of halogens is 3. The van der Waals surface area contributed by atoms with Crippen LogP contribution in [0.25, 0.3) is 16.7 Å². The van der Waals surface area contributed by atoms with Crippen LogP contribution in [-0.4, -0.2) is 84.7 Å². The van der Waals surface area contributed by atoms with Crippen molar-refractivity contribution < 1.29 is 23.1 Å². The third-order valence-corrected chi connectivity index (χ3v) is 6.73. The summed E-state index contributed by atoms with van der Waals surface area (Å²) >= 11 is 0. The van der Waals surface area contributed by atoms with Crippen molar-refractivity contribution in [3.8, 4) is 0 Å². The van der Waals surface area contributed by atoms with Crippen LogP contribution in [0.1, 0.15) is 46.7 Å². The first-order valence-corrected chi connectivity index (χ1v) is 12.2. The first-order valence-electron chi connectivity index (χ1n) is 12.2. The van der Waals surface area contributed by atoms with E-state index in [9.17, 15) is 23.1 Å². The van der Waals surface area contributed by atoms with Gasteiger partial charge in [-0.25, -0.2) is 28.1 Å². The van der Waals surface area contributed by atoms with Gasteiger partial charge in [0, 0.05) is 38.3 Å². The molecule has 1 amide bonds. The Bertz CT molecular complexity index is 1490. The van der Waals surface area contributed by atoms with Gasteiger partial charge in [0.15, 0.2) is 11.3 Å². The second kappa shape index (κ2) is 10.5. The lowest BCUT2D eigenvalue weighted by atomic mass is 10.0. The van der Waals surface area contributed by atoms with Crippen molar-refractivity contribution in [3.63, 3.8) is 0 Å². The van der Waals surface area contributed by atoms with Crippen LogP contribution in [0.5, 0.6) is 0 Å². The maximum atomic E-state index is 14.8. The summed E-state index contributed by atoms with van der Waals surface area (Å²) in [4.78, 5) is 30.7. The van der Waals surface area contributed by atoms with Crippen LogP contribution in [0.3, 0.4) is 0 Å². The highest BCUT2D eigenvalue weighted by atomic mass is 19.3. The first-order chi connectivity index (χ1) is 18.3. The molecule has 1 atom stereocenters. The molecule has 1 aliphatic rings. The van der Waals surface area contributed by atoms with Gasteiger partial charge in [-0.3, -0.25) is 9.69 Å². The van der Waals surface area contributed by atoms with Crippen molar-refractivity contribution in [2.75, 3.05) is 44.6 Å². The summed E-state index contributed by atoms with van der Waals surface area (Å²) in [5, 5.41) is 17.0. The number of carbonyl (C=O) groups is 1. The van der Waals surface area contributed by atoms with Gasteiger partial charge in [-0.2, -0.15) is 9.61 Å². The molecule has 4 heterocycles. The van der Waals surface area contributed by atoms with Crippen LogP contribution in [-0.2, 0) is 0 Å². The molecule has 4 aromatic rings. The predicted molar refractivity (Wildman–Crippen MR) is 134 cm³/mol. The number of aliphatic hydroxyl groups excluding tert-OH is 1. The number of aromatic nitrogens is 5. The summed E-state index contributed by atoms with van der Waals surface area (Å²) < 4.78 is 42.8. The molecule has 1 saturated heterocycles. The Hall–Kier alpha value is -3.84. The van der Waals surface area contributed by atoms with E-state index in [1.165, 1.54) is 23.0 Å². The topological polar surface area (TPSA) is 112 Å². The smallest absolute Gasteiger partial charge is 0.266 e. The number of anilines is 1. The van der Waals surface area contributed by atoms with Gasteiger partial charge >= 0.3 is 0 Å². The second-order valence-corrected chi connectivity index (χ2v) is 9.18. The predicted octanol–water partition coefficient (Wildman–Crippen LogP) is 2.98. The average molecular weight is 529 g/mol. The number of β-amino-alcohol motifs (C(OH)–C–C–N with tert-alkyl or cyclic N) is 1. The third kappa shape index (κ3) is 4.74. The number of nitrogens with zero attached hydrogens (tertiary/aromatic N) is 7. The van der Waals surface area contributed by atoms with Crippen molar-refractivity contribution in [2.45, 2.75) is 26.3 Å². The molecule has 10 nitrogen and oxygen atoms in total. The number of fused-ring (bicyclic) bond motifs is 3. The minimum absolute atomic E-state index is 0.0585. The zero-order valence-electron chi connectivity index (χ0n) is 20.9. The molecule has 3 aromatic heterocycles. The molecule has 0 bridgehead atoms. The lowest BCUT2D eigenvalue weighted by molar-refractivity contribution is 0.0616. The van der Waals surface area contributed by atoms with Crippen molar-refractivity contribution >= 4 is 28.4 Å². The molecule has 0 saturated carbocycles. The molecule has 0 aliphatic carbocycles. The van der Waals surface area contributed by atoms with Crippen molar-refractivity contribution in [3.05, 3.63) is 58.9 Å². The van der Waals surface area contributed by atoms with Gasteiger partial charge < -0.3 is 15.3 Å². The number of aliphatic hydroxyl groups is 1. The highest BCUT2D eigenvalue weighted by Gasteiger charge is 2.27. The fourth-order valence-corrected chi connectivity index (χ4v) is 4.76. The average Bonchev–Trinajstić information content (AvgIpc) is 3.39. The summed E-state index contributed by atoms with van der Waals surface area (Å²) in [6, 6.07) is 4.80. The zero-order valence-corrected chi connectivity index (χ0v) is 20.9. The largest absolute Gasteiger partial charge is 0.395 e. The normalized spacial score (nSPS) is 15.5. The molecule has 2 N–H and O–H groups in total. The molecular weight excluding hydrogens is 501 g/mol. The monoisotopic (exact) mass is 528 g/mol. The van der Waals surface area contributed by atoms with E-state index in [1.54, 1.807) is 24.8 Å². The molecule has 13 heteroatoms. The molecule has 1 fully saturated rings. The Morgan fingerprint density at radius 2 is 1.87 bits per heavy atom. The zero-order chi connectivity index (χ0) is 27.0. The van der Waals surface area contributed by atoms with E-state index in [-0.39, 0.29) is 18.1 Å². The summed E-state index contributed by atoms with van der Waals surface area (Å²) in [5.41, 5.74) is 0.431. The lowest BCUT2D eigenvalue weighted by Gasteiger charge is -2.34. The van der Waals surface area contributed by atoms with E-state index in [2.05, 4.69) is 30.3 Å². The molecule has 0 radical (unpaired) electrons. The van der Waals surface area contributed by atoms with Gasteiger partial charge in [0.05, 0.1) is 29.2 Å². The highest BCUT2D eigenvalue weighted by Crippen LogP contribution is 2.31. The molecule has 1 aliphatic heterocycles. The second-order valence-electron chi connectivity index (χ2n) is 9.18. The number of carbonyl (C=O) groups excluding carboxylic acids is 1. The third-order valence-electron chi connectivity index (χ3n) is 6.73. The quantitative estimate of drug-likeness (QED) is 0.377. The molecule has 5 rings (SSSR count). The number of hydrogen-bond acceptors (Lipinski definition) is 8. The number of pyridine rings is 1. The minimum Gasteiger partial charge on any atom is -0.395 e. The molecule has 0 unspecified atom stereocenters. The summed E-state index contributed by atoms with van der Waals surface area (Å²) in [6.07, 6.45) is -1.60. The number of aryl methyl sites for hydroxylation is 1. The van der Waals surface area contributed by atoms with Gasteiger partial charge in [-0.05, 0) is 19.9 Å².